The number of aliphatic hydroxyl groups is 2. The van der Waals surface area contributed by atoms with E-state index in [1.165, 1.54) is 0 Å². The van der Waals surface area contributed by atoms with E-state index in [1.807, 2.05) is 13.8 Å². The van der Waals surface area contributed by atoms with Gasteiger partial charge in [-0.15, -0.1) is 0 Å². The van der Waals surface area contributed by atoms with Crippen LogP contribution in [-0.4, -0.2) is 58.6 Å². The minimum atomic E-state index is -0.242. The molecule has 0 bridgehead atoms. The average Bonchev–Trinajstić information content (AvgIpc) is 2.27. The molecule has 3 N–H and O–H groups in total. The number of hydrogen-bond acceptors (Lipinski definition) is 3. The van der Waals surface area contributed by atoms with Crippen molar-refractivity contribution in [3.8, 4) is 0 Å². The zero-order chi connectivity index (χ0) is 11.9. The van der Waals surface area contributed by atoms with Gasteiger partial charge in [0.25, 0.3) is 0 Å². The van der Waals surface area contributed by atoms with Crippen molar-refractivity contribution in [1.82, 2.24) is 0 Å². The molecule has 0 aliphatic carbocycles. The number of hydrogen-bond donors (Lipinski definition) is 2. The van der Waals surface area contributed by atoms with E-state index in [0.717, 1.165) is 43.5 Å². The van der Waals surface area contributed by atoms with Crippen molar-refractivity contribution in [2.75, 3.05) is 26.2 Å². The van der Waals surface area contributed by atoms with Crippen molar-refractivity contribution in [3.05, 3.63) is 0 Å². The average molecular weight is 235 g/mol. The molecule has 0 radical (unpaired) electrons. The summed E-state index contributed by atoms with van der Waals surface area (Å²) in [6, 6.07) is 0. The topological polar surface area (TPSA) is 70.5 Å². The molecule has 0 aromatic carbocycles. The Morgan fingerprint density at radius 1 is 0.812 bits per heavy atom. The summed E-state index contributed by atoms with van der Waals surface area (Å²) in [5, 5.41) is 19.5. The Hall–Kier alpha value is -0.160. The first kappa shape index (κ1) is 18.2. The molecule has 2 atom stereocenters. The molecule has 0 rings (SSSR count). The van der Waals surface area contributed by atoms with Crippen molar-refractivity contribution in [1.29, 1.82) is 0 Å². The van der Waals surface area contributed by atoms with Crippen LogP contribution in [0.25, 0.3) is 0 Å². The summed E-state index contributed by atoms with van der Waals surface area (Å²) in [6.07, 6.45) is 1.10. The van der Waals surface area contributed by atoms with E-state index in [2.05, 4.69) is 13.8 Å². The Labute approximate surface area is 99.8 Å². The van der Waals surface area contributed by atoms with Gasteiger partial charge in [-0.3, -0.25) is 0 Å². The molecule has 4 heteroatoms. The molecule has 0 saturated carbocycles. The van der Waals surface area contributed by atoms with Crippen molar-refractivity contribution in [2.45, 2.75) is 52.7 Å². The second-order valence-corrected chi connectivity index (χ2v) is 4.46. The lowest BCUT2D eigenvalue weighted by atomic mass is 10.1. The third kappa shape index (κ3) is 5.80. The maximum absolute atomic E-state index is 9.74. The zero-order valence-electron chi connectivity index (χ0n) is 11.2. The summed E-state index contributed by atoms with van der Waals surface area (Å²) < 4.78 is 0.823. The third-order valence-corrected chi connectivity index (χ3v) is 3.48. The molecule has 0 amide bonds. The molecule has 0 saturated heterocycles. The maximum Gasteiger partial charge on any atom is 0.105 e. The highest BCUT2D eigenvalue weighted by Gasteiger charge is 2.28. The summed E-state index contributed by atoms with van der Waals surface area (Å²) in [7, 11) is 0. The molecular formula is C12H29NO3. The van der Waals surface area contributed by atoms with Gasteiger partial charge in [0.15, 0.2) is 0 Å². The van der Waals surface area contributed by atoms with Gasteiger partial charge in [0.2, 0.25) is 0 Å². The minimum Gasteiger partial charge on any atom is -0.870 e. The molecule has 0 aliphatic rings. The zero-order valence-corrected chi connectivity index (χ0v) is 11.2. The van der Waals surface area contributed by atoms with E-state index in [4.69, 9.17) is 0 Å². The van der Waals surface area contributed by atoms with Gasteiger partial charge in [-0.1, -0.05) is 13.8 Å². The van der Waals surface area contributed by atoms with E-state index in [0.29, 0.717) is 0 Å². The summed E-state index contributed by atoms with van der Waals surface area (Å²) in [4.78, 5) is 0. The quantitative estimate of drug-likeness (QED) is 0.621. The van der Waals surface area contributed by atoms with Gasteiger partial charge < -0.3 is 20.2 Å². The van der Waals surface area contributed by atoms with Crippen LogP contribution >= 0.6 is 0 Å². The Balaban J connectivity index is 0. The predicted molar refractivity (Wildman–Crippen MR) is 65.6 cm³/mol. The van der Waals surface area contributed by atoms with Crippen LogP contribution in [0.3, 0.4) is 0 Å². The highest BCUT2D eigenvalue weighted by molar-refractivity contribution is 4.57. The second-order valence-electron chi connectivity index (χ2n) is 4.46. The fraction of sp³-hybridized carbons (Fsp3) is 1.00. The van der Waals surface area contributed by atoms with Crippen molar-refractivity contribution in [3.63, 3.8) is 0 Å². The molecule has 0 aromatic heterocycles. The number of likely N-dealkylation sites (N-methyl/N-ethyl adjacent to an activating group) is 1. The summed E-state index contributed by atoms with van der Waals surface area (Å²) in [5.41, 5.74) is 0. The highest BCUT2D eigenvalue weighted by Crippen LogP contribution is 2.12. The van der Waals surface area contributed by atoms with Gasteiger partial charge in [0.1, 0.15) is 25.3 Å². The molecule has 0 heterocycles. The highest BCUT2D eigenvalue weighted by atomic mass is 16.3. The Kier molecular flexibility index (Phi) is 10.2. The SMILES string of the molecule is CCC(O)C[N+](CC)(CC)CC(O)CC.[OH-]. The van der Waals surface area contributed by atoms with Crippen molar-refractivity contribution < 1.29 is 20.2 Å². The van der Waals surface area contributed by atoms with Gasteiger partial charge in [0.05, 0.1) is 13.1 Å². The largest absolute Gasteiger partial charge is 0.870 e. The Bertz CT molecular complexity index is 146. The third-order valence-electron chi connectivity index (χ3n) is 3.48. The summed E-state index contributed by atoms with van der Waals surface area (Å²) in [5.74, 6) is 0. The van der Waals surface area contributed by atoms with Gasteiger partial charge in [-0.2, -0.15) is 0 Å². The number of rotatable bonds is 8. The van der Waals surface area contributed by atoms with Crippen LogP contribution in [0.1, 0.15) is 40.5 Å². The van der Waals surface area contributed by atoms with Crippen LogP contribution in [0.5, 0.6) is 0 Å². The lowest BCUT2D eigenvalue weighted by Gasteiger charge is -2.39. The van der Waals surface area contributed by atoms with E-state index >= 15 is 0 Å². The van der Waals surface area contributed by atoms with Gasteiger partial charge >= 0.3 is 0 Å². The molecule has 0 aromatic rings. The van der Waals surface area contributed by atoms with E-state index in [1.54, 1.807) is 0 Å². The van der Waals surface area contributed by atoms with Gasteiger partial charge in [-0.25, -0.2) is 0 Å². The fourth-order valence-corrected chi connectivity index (χ4v) is 1.97. The second kappa shape index (κ2) is 8.93. The first-order chi connectivity index (χ1) is 7.03. The van der Waals surface area contributed by atoms with Crippen LogP contribution in [0.15, 0.2) is 0 Å². The summed E-state index contributed by atoms with van der Waals surface area (Å²) >= 11 is 0. The molecule has 100 valence electrons. The molecule has 4 nitrogen and oxygen atoms in total. The van der Waals surface area contributed by atoms with Crippen LogP contribution in [0, 0.1) is 0 Å². The van der Waals surface area contributed by atoms with Crippen LogP contribution in [0.2, 0.25) is 0 Å². The minimum absolute atomic E-state index is 0. The molecule has 2 unspecified atom stereocenters. The van der Waals surface area contributed by atoms with Crippen LogP contribution in [-0.2, 0) is 0 Å². The lowest BCUT2D eigenvalue weighted by molar-refractivity contribution is -0.930. The standard InChI is InChI=1S/C12H28NO2.H2O/c1-5-11(14)9-13(7-3,8-4)10-12(15)6-2;/h11-12,14-15H,5-10H2,1-4H3;1H2/q+1;/p-1. The van der Waals surface area contributed by atoms with Gasteiger partial charge in [-0.05, 0) is 26.7 Å². The Morgan fingerprint density at radius 2 is 1.12 bits per heavy atom. The van der Waals surface area contributed by atoms with Gasteiger partial charge in [0, 0.05) is 0 Å². The van der Waals surface area contributed by atoms with Crippen LogP contribution in [0.4, 0.5) is 0 Å². The fourth-order valence-electron chi connectivity index (χ4n) is 1.97. The normalized spacial score (nSPS) is 15.4. The Morgan fingerprint density at radius 3 is 1.31 bits per heavy atom. The monoisotopic (exact) mass is 235 g/mol. The number of aliphatic hydroxyl groups excluding tert-OH is 2. The molecular weight excluding hydrogens is 206 g/mol. The van der Waals surface area contributed by atoms with E-state index in [-0.39, 0.29) is 17.7 Å². The summed E-state index contributed by atoms with van der Waals surface area (Å²) in [6.45, 7) is 11.8. The maximum atomic E-state index is 9.74. The first-order valence-corrected chi connectivity index (χ1v) is 6.24. The first-order valence-electron chi connectivity index (χ1n) is 6.24. The number of quaternary nitrogens is 1. The molecule has 16 heavy (non-hydrogen) atoms. The molecule has 0 spiro atoms. The van der Waals surface area contributed by atoms with Crippen molar-refractivity contribution in [2.24, 2.45) is 0 Å². The lowest BCUT2D eigenvalue weighted by Crippen LogP contribution is -2.55. The smallest absolute Gasteiger partial charge is 0.105 e. The number of nitrogens with zero attached hydrogens (tertiary/aromatic N) is 1. The molecule has 0 fully saturated rings. The van der Waals surface area contributed by atoms with Crippen LogP contribution < -0.4 is 0 Å². The van der Waals surface area contributed by atoms with E-state index < -0.39 is 0 Å². The van der Waals surface area contributed by atoms with E-state index in [9.17, 15) is 10.2 Å². The predicted octanol–water partition coefficient (Wildman–Crippen LogP) is 1.21. The van der Waals surface area contributed by atoms with Crippen molar-refractivity contribution >= 4 is 0 Å². The molecule has 0 aliphatic heterocycles.